The molecule has 1 unspecified atom stereocenters. The summed E-state index contributed by atoms with van der Waals surface area (Å²) in [6.07, 6.45) is 1.02. The minimum Gasteiger partial charge on any atom is -0.494 e. The topological polar surface area (TPSA) is 21.3 Å². The predicted molar refractivity (Wildman–Crippen MR) is 72.6 cm³/mol. The summed E-state index contributed by atoms with van der Waals surface area (Å²) in [6.45, 7) is 2.91. The fraction of sp³-hybridized carbons (Fsp3) is 0.333. The third kappa shape index (κ3) is 3.21. The molecule has 2 rings (SSSR count). The molecule has 0 heterocycles. The van der Waals surface area contributed by atoms with Crippen molar-refractivity contribution >= 4 is 10.8 Å². The monoisotopic (exact) mass is 229 g/mol. The second-order valence-corrected chi connectivity index (χ2v) is 4.34. The number of fused-ring (bicyclic) bond motifs is 1. The van der Waals surface area contributed by atoms with Gasteiger partial charge in [0.1, 0.15) is 5.75 Å². The Bertz CT molecular complexity index is 481. The third-order valence-corrected chi connectivity index (χ3v) is 3.03. The summed E-state index contributed by atoms with van der Waals surface area (Å²) >= 11 is 0. The van der Waals surface area contributed by atoms with Gasteiger partial charge in [0.2, 0.25) is 0 Å². The molecule has 0 aromatic heterocycles. The van der Waals surface area contributed by atoms with Crippen LogP contribution < -0.4 is 10.1 Å². The highest BCUT2D eigenvalue weighted by molar-refractivity contribution is 5.83. The summed E-state index contributed by atoms with van der Waals surface area (Å²) in [7, 11) is 1.97. The van der Waals surface area contributed by atoms with Crippen LogP contribution in [0, 0.1) is 0 Å². The predicted octanol–water partition coefficient (Wildman–Crippen LogP) is 3.22. The Morgan fingerprint density at radius 3 is 2.65 bits per heavy atom. The van der Waals surface area contributed by atoms with Gasteiger partial charge >= 0.3 is 0 Å². The zero-order valence-corrected chi connectivity index (χ0v) is 10.4. The van der Waals surface area contributed by atoms with E-state index in [1.165, 1.54) is 10.8 Å². The highest BCUT2D eigenvalue weighted by Crippen LogP contribution is 2.20. The Labute approximate surface area is 103 Å². The summed E-state index contributed by atoms with van der Waals surface area (Å²) < 4.78 is 5.75. The minimum absolute atomic E-state index is 0.496. The van der Waals surface area contributed by atoms with Crippen molar-refractivity contribution in [3.05, 3.63) is 42.5 Å². The van der Waals surface area contributed by atoms with Gasteiger partial charge in [0.15, 0.2) is 0 Å². The van der Waals surface area contributed by atoms with E-state index in [4.69, 9.17) is 4.74 Å². The van der Waals surface area contributed by atoms with Gasteiger partial charge in [0, 0.05) is 6.04 Å². The van der Waals surface area contributed by atoms with Gasteiger partial charge in [-0.05, 0) is 43.3 Å². The van der Waals surface area contributed by atoms with Crippen molar-refractivity contribution in [3.8, 4) is 5.75 Å². The standard InChI is InChI=1S/C15H19NO/c1-12(16-2)9-10-17-15-8-7-13-5-3-4-6-14(13)11-15/h3-8,11-12,16H,9-10H2,1-2H3. The molecule has 0 radical (unpaired) electrons. The Balaban J connectivity index is 1.99. The van der Waals surface area contributed by atoms with Crippen LogP contribution in [0.1, 0.15) is 13.3 Å². The molecule has 2 aromatic rings. The number of benzene rings is 2. The van der Waals surface area contributed by atoms with Crippen molar-refractivity contribution in [2.45, 2.75) is 19.4 Å². The van der Waals surface area contributed by atoms with Crippen molar-refractivity contribution in [2.24, 2.45) is 0 Å². The fourth-order valence-corrected chi connectivity index (χ4v) is 1.76. The quantitative estimate of drug-likeness (QED) is 0.850. The first kappa shape index (κ1) is 11.9. The Kier molecular flexibility index (Phi) is 3.99. The molecule has 2 nitrogen and oxygen atoms in total. The lowest BCUT2D eigenvalue weighted by Crippen LogP contribution is -2.23. The second-order valence-electron chi connectivity index (χ2n) is 4.34. The smallest absolute Gasteiger partial charge is 0.119 e. The molecule has 0 saturated carbocycles. The Hall–Kier alpha value is -1.54. The van der Waals surface area contributed by atoms with E-state index in [9.17, 15) is 0 Å². The van der Waals surface area contributed by atoms with E-state index in [2.05, 4.69) is 48.6 Å². The molecule has 90 valence electrons. The van der Waals surface area contributed by atoms with E-state index >= 15 is 0 Å². The maximum atomic E-state index is 5.75. The molecule has 17 heavy (non-hydrogen) atoms. The van der Waals surface area contributed by atoms with Gasteiger partial charge in [-0.2, -0.15) is 0 Å². The van der Waals surface area contributed by atoms with Crippen LogP contribution in [0.4, 0.5) is 0 Å². The normalized spacial score (nSPS) is 12.6. The molecular formula is C15H19NO. The van der Waals surface area contributed by atoms with Gasteiger partial charge in [-0.1, -0.05) is 30.3 Å². The van der Waals surface area contributed by atoms with Gasteiger partial charge < -0.3 is 10.1 Å². The first-order chi connectivity index (χ1) is 8.29. The van der Waals surface area contributed by atoms with Crippen LogP contribution in [-0.2, 0) is 0 Å². The van der Waals surface area contributed by atoms with Gasteiger partial charge in [-0.25, -0.2) is 0 Å². The molecular weight excluding hydrogens is 210 g/mol. The number of hydrogen-bond acceptors (Lipinski definition) is 2. The molecule has 0 aliphatic rings. The van der Waals surface area contributed by atoms with E-state index in [0.717, 1.165) is 18.8 Å². The molecule has 1 atom stereocenters. The number of hydrogen-bond donors (Lipinski definition) is 1. The molecule has 0 saturated heterocycles. The van der Waals surface area contributed by atoms with E-state index in [1.807, 2.05) is 13.1 Å². The molecule has 2 aromatic carbocycles. The lowest BCUT2D eigenvalue weighted by Gasteiger charge is -2.11. The van der Waals surface area contributed by atoms with Gasteiger partial charge in [-0.15, -0.1) is 0 Å². The van der Waals surface area contributed by atoms with Crippen LogP contribution in [0.5, 0.6) is 5.75 Å². The number of ether oxygens (including phenoxy) is 1. The molecule has 0 fully saturated rings. The van der Waals surface area contributed by atoms with Crippen molar-refractivity contribution in [3.63, 3.8) is 0 Å². The Morgan fingerprint density at radius 2 is 1.88 bits per heavy atom. The van der Waals surface area contributed by atoms with Crippen LogP contribution in [0.3, 0.4) is 0 Å². The molecule has 0 amide bonds. The summed E-state index contributed by atoms with van der Waals surface area (Å²) in [5.74, 6) is 0.951. The molecule has 0 bridgehead atoms. The van der Waals surface area contributed by atoms with Crippen LogP contribution in [0.15, 0.2) is 42.5 Å². The highest BCUT2D eigenvalue weighted by Gasteiger charge is 2.00. The van der Waals surface area contributed by atoms with E-state index < -0.39 is 0 Å². The van der Waals surface area contributed by atoms with E-state index in [1.54, 1.807) is 0 Å². The summed E-state index contributed by atoms with van der Waals surface area (Å²) in [5.41, 5.74) is 0. The van der Waals surface area contributed by atoms with Gasteiger partial charge in [-0.3, -0.25) is 0 Å². The lowest BCUT2D eigenvalue weighted by atomic mass is 10.1. The van der Waals surface area contributed by atoms with Crippen molar-refractivity contribution < 1.29 is 4.74 Å². The van der Waals surface area contributed by atoms with Crippen molar-refractivity contribution in [1.82, 2.24) is 5.32 Å². The fourth-order valence-electron chi connectivity index (χ4n) is 1.76. The minimum atomic E-state index is 0.496. The Morgan fingerprint density at radius 1 is 1.12 bits per heavy atom. The van der Waals surface area contributed by atoms with Crippen LogP contribution in [-0.4, -0.2) is 19.7 Å². The summed E-state index contributed by atoms with van der Waals surface area (Å²) in [5, 5.41) is 5.68. The van der Waals surface area contributed by atoms with Crippen molar-refractivity contribution in [2.75, 3.05) is 13.7 Å². The largest absolute Gasteiger partial charge is 0.494 e. The summed E-state index contributed by atoms with van der Waals surface area (Å²) in [4.78, 5) is 0. The lowest BCUT2D eigenvalue weighted by molar-refractivity contribution is 0.294. The molecule has 0 aliphatic heterocycles. The van der Waals surface area contributed by atoms with Gasteiger partial charge in [0.25, 0.3) is 0 Å². The average Bonchev–Trinajstić information content (AvgIpc) is 2.38. The first-order valence-electron chi connectivity index (χ1n) is 6.08. The van der Waals surface area contributed by atoms with Crippen LogP contribution >= 0.6 is 0 Å². The molecule has 0 spiro atoms. The van der Waals surface area contributed by atoms with Crippen molar-refractivity contribution in [1.29, 1.82) is 0 Å². The van der Waals surface area contributed by atoms with Crippen LogP contribution in [0.25, 0.3) is 10.8 Å². The van der Waals surface area contributed by atoms with E-state index in [-0.39, 0.29) is 0 Å². The molecule has 1 N–H and O–H groups in total. The zero-order chi connectivity index (χ0) is 12.1. The molecule has 2 heteroatoms. The second kappa shape index (κ2) is 5.69. The number of nitrogens with one attached hydrogen (secondary N) is 1. The highest BCUT2D eigenvalue weighted by atomic mass is 16.5. The first-order valence-corrected chi connectivity index (χ1v) is 6.08. The van der Waals surface area contributed by atoms with Crippen LogP contribution in [0.2, 0.25) is 0 Å². The van der Waals surface area contributed by atoms with E-state index in [0.29, 0.717) is 6.04 Å². The maximum Gasteiger partial charge on any atom is 0.119 e. The number of rotatable bonds is 5. The maximum absolute atomic E-state index is 5.75. The molecule has 0 aliphatic carbocycles. The SMILES string of the molecule is CNC(C)CCOc1ccc2ccccc2c1. The summed E-state index contributed by atoms with van der Waals surface area (Å²) in [6, 6.07) is 15.1. The zero-order valence-electron chi connectivity index (χ0n) is 10.4. The average molecular weight is 229 g/mol. The third-order valence-electron chi connectivity index (χ3n) is 3.03. The van der Waals surface area contributed by atoms with Gasteiger partial charge in [0.05, 0.1) is 6.61 Å².